The molecule has 0 heterocycles. The van der Waals surface area contributed by atoms with Gasteiger partial charge in [0.1, 0.15) is 6.29 Å². The average molecular weight is 349 g/mol. The molecule has 25 heavy (non-hydrogen) atoms. The van der Waals surface area contributed by atoms with Crippen LogP contribution >= 0.6 is 11.8 Å². The van der Waals surface area contributed by atoms with Crippen LogP contribution in [0, 0.1) is 0 Å². The molecule has 0 unspecified atom stereocenters. The molecule has 2 nitrogen and oxygen atoms in total. The lowest BCUT2D eigenvalue weighted by molar-refractivity contribution is -0.107. The van der Waals surface area contributed by atoms with E-state index in [0.717, 1.165) is 17.5 Å². The number of anilines is 1. The third kappa shape index (κ3) is 3.42. The van der Waals surface area contributed by atoms with Crippen LogP contribution in [0.5, 0.6) is 0 Å². The molecule has 0 fully saturated rings. The molecule has 0 saturated heterocycles. The lowest BCUT2D eigenvalue weighted by atomic mass is 10.00. The molecule has 0 aromatic heterocycles. The predicted molar refractivity (Wildman–Crippen MR) is 110 cm³/mol. The normalized spacial score (nSPS) is 14.8. The van der Waals surface area contributed by atoms with Gasteiger partial charge in [0.2, 0.25) is 0 Å². The van der Waals surface area contributed by atoms with Gasteiger partial charge in [0.05, 0.1) is 0 Å². The summed E-state index contributed by atoms with van der Waals surface area (Å²) < 4.78 is 0. The average Bonchev–Trinajstić information content (AvgIpc) is 2.88. The molecule has 0 aliphatic heterocycles. The number of hydrogen-bond donors (Lipinski definition) is 0. The van der Waals surface area contributed by atoms with E-state index in [1.54, 1.807) is 11.8 Å². The smallest absolute Gasteiger partial charge is 0.124 e. The van der Waals surface area contributed by atoms with Crippen LogP contribution in [0.4, 0.5) is 5.69 Å². The number of hydrogen-bond acceptors (Lipinski definition) is 3. The van der Waals surface area contributed by atoms with Crippen molar-refractivity contribution in [3.05, 3.63) is 64.7 Å². The summed E-state index contributed by atoms with van der Waals surface area (Å²) in [7, 11) is 4.08. The lowest BCUT2D eigenvalue weighted by Gasteiger charge is -2.15. The molecule has 2 aromatic rings. The van der Waals surface area contributed by atoms with E-state index in [0.29, 0.717) is 6.42 Å². The molecule has 0 saturated carbocycles. The van der Waals surface area contributed by atoms with Crippen LogP contribution < -0.4 is 4.90 Å². The first-order valence-corrected chi connectivity index (χ1v) is 9.59. The summed E-state index contributed by atoms with van der Waals surface area (Å²) in [4.78, 5) is 14.6. The van der Waals surface area contributed by atoms with Crippen molar-refractivity contribution in [2.75, 3.05) is 25.3 Å². The van der Waals surface area contributed by atoms with Gasteiger partial charge in [-0.1, -0.05) is 18.2 Å². The maximum absolute atomic E-state index is 11.2. The van der Waals surface area contributed by atoms with E-state index in [-0.39, 0.29) is 0 Å². The molecule has 2 aromatic carbocycles. The summed E-state index contributed by atoms with van der Waals surface area (Å²) in [6.45, 7) is 2.12. The van der Waals surface area contributed by atoms with E-state index in [9.17, 15) is 4.79 Å². The number of nitrogens with zero attached hydrogens (tertiary/aromatic N) is 1. The van der Waals surface area contributed by atoms with Gasteiger partial charge in [-0.3, -0.25) is 0 Å². The van der Waals surface area contributed by atoms with Crippen LogP contribution in [0.2, 0.25) is 0 Å². The van der Waals surface area contributed by atoms with Crippen LogP contribution in [-0.4, -0.2) is 26.6 Å². The SMILES string of the molecule is CSc1ccc(C=C2C(C)=C(CC=O)c3cc(N(C)C)ccc32)cc1. The zero-order chi connectivity index (χ0) is 18.0. The van der Waals surface area contributed by atoms with Crippen molar-refractivity contribution in [3.63, 3.8) is 0 Å². The van der Waals surface area contributed by atoms with E-state index >= 15 is 0 Å². The fourth-order valence-electron chi connectivity index (χ4n) is 3.26. The van der Waals surface area contributed by atoms with E-state index in [2.05, 4.69) is 66.6 Å². The molecular weight excluding hydrogens is 326 g/mol. The van der Waals surface area contributed by atoms with E-state index in [1.807, 2.05) is 14.1 Å². The molecule has 0 N–H and O–H groups in total. The second kappa shape index (κ2) is 7.32. The summed E-state index contributed by atoms with van der Waals surface area (Å²) in [5, 5.41) is 0. The Hall–Kier alpha value is -2.26. The topological polar surface area (TPSA) is 20.3 Å². The number of carbonyl (C=O) groups is 1. The van der Waals surface area contributed by atoms with Crippen molar-refractivity contribution in [2.45, 2.75) is 18.2 Å². The second-order valence-electron chi connectivity index (χ2n) is 6.43. The van der Waals surface area contributed by atoms with Gasteiger partial charge < -0.3 is 9.69 Å². The van der Waals surface area contributed by atoms with Crippen LogP contribution in [0.1, 0.15) is 30.0 Å². The van der Waals surface area contributed by atoms with Gasteiger partial charge in [-0.2, -0.15) is 0 Å². The third-order valence-electron chi connectivity index (χ3n) is 4.71. The molecule has 0 radical (unpaired) electrons. The number of carbonyl (C=O) groups excluding carboxylic acids is 1. The molecule has 1 aliphatic rings. The van der Waals surface area contributed by atoms with Crippen LogP contribution in [0.15, 0.2) is 52.9 Å². The highest BCUT2D eigenvalue weighted by Crippen LogP contribution is 2.44. The number of aldehydes is 1. The van der Waals surface area contributed by atoms with Crippen molar-refractivity contribution in [2.24, 2.45) is 0 Å². The molecule has 0 amide bonds. The minimum absolute atomic E-state index is 0.457. The highest BCUT2D eigenvalue weighted by atomic mass is 32.2. The fraction of sp³-hybridized carbons (Fsp3) is 0.227. The van der Waals surface area contributed by atoms with Crippen molar-refractivity contribution >= 4 is 41.0 Å². The number of allylic oxidation sites excluding steroid dienone is 3. The molecule has 3 heteroatoms. The van der Waals surface area contributed by atoms with Gasteiger partial charge in [0.15, 0.2) is 0 Å². The number of fused-ring (bicyclic) bond motifs is 1. The van der Waals surface area contributed by atoms with Crippen molar-refractivity contribution in [3.8, 4) is 0 Å². The van der Waals surface area contributed by atoms with Crippen LogP contribution in [0.25, 0.3) is 17.2 Å². The zero-order valence-electron chi connectivity index (χ0n) is 15.2. The Kier molecular flexibility index (Phi) is 5.14. The minimum Gasteiger partial charge on any atom is -0.378 e. The Morgan fingerprint density at radius 1 is 1.04 bits per heavy atom. The Bertz CT molecular complexity index is 860. The molecule has 3 rings (SSSR count). The quantitative estimate of drug-likeness (QED) is 0.533. The Balaban J connectivity index is 2.11. The van der Waals surface area contributed by atoms with Crippen molar-refractivity contribution in [1.29, 1.82) is 0 Å². The maximum atomic E-state index is 11.2. The summed E-state index contributed by atoms with van der Waals surface area (Å²) in [5.41, 5.74) is 8.29. The Labute approximate surface area is 154 Å². The van der Waals surface area contributed by atoms with Gasteiger partial charge >= 0.3 is 0 Å². The van der Waals surface area contributed by atoms with Crippen molar-refractivity contribution < 1.29 is 4.79 Å². The second-order valence-corrected chi connectivity index (χ2v) is 7.31. The van der Waals surface area contributed by atoms with Gasteiger partial charge in [-0.15, -0.1) is 11.8 Å². The number of benzene rings is 2. The summed E-state index contributed by atoms with van der Waals surface area (Å²) >= 11 is 1.75. The first kappa shape index (κ1) is 17.6. The van der Waals surface area contributed by atoms with E-state index < -0.39 is 0 Å². The maximum Gasteiger partial charge on any atom is 0.124 e. The first-order valence-electron chi connectivity index (χ1n) is 8.36. The molecule has 0 atom stereocenters. The van der Waals surface area contributed by atoms with Gasteiger partial charge in [-0.25, -0.2) is 0 Å². The monoisotopic (exact) mass is 349 g/mol. The lowest BCUT2D eigenvalue weighted by Crippen LogP contribution is -2.08. The van der Waals surface area contributed by atoms with Crippen LogP contribution in [0.3, 0.4) is 0 Å². The largest absolute Gasteiger partial charge is 0.378 e. The highest BCUT2D eigenvalue weighted by Gasteiger charge is 2.23. The van der Waals surface area contributed by atoms with Gasteiger partial charge in [-0.05, 0) is 76.9 Å². The van der Waals surface area contributed by atoms with Crippen molar-refractivity contribution in [1.82, 2.24) is 0 Å². The molecular formula is C22H23NOS. The third-order valence-corrected chi connectivity index (χ3v) is 5.45. The summed E-state index contributed by atoms with van der Waals surface area (Å²) in [6.07, 6.45) is 5.77. The highest BCUT2D eigenvalue weighted by molar-refractivity contribution is 7.98. The minimum atomic E-state index is 0.457. The molecule has 0 bridgehead atoms. The standard InChI is InChI=1S/C22H23NOS/c1-15-19(11-12-24)22-14-17(23(2)3)7-10-20(22)21(15)13-16-5-8-18(25-4)9-6-16/h5-10,12-14H,11H2,1-4H3. The predicted octanol–water partition coefficient (Wildman–Crippen LogP) is 5.39. The first-order chi connectivity index (χ1) is 12.0. The summed E-state index contributed by atoms with van der Waals surface area (Å²) in [6, 6.07) is 15.1. The van der Waals surface area contributed by atoms with E-state index in [4.69, 9.17) is 0 Å². The Morgan fingerprint density at radius 2 is 1.76 bits per heavy atom. The summed E-state index contributed by atoms with van der Waals surface area (Å²) in [5.74, 6) is 0. The van der Waals surface area contributed by atoms with Crippen LogP contribution in [-0.2, 0) is 4.79 Å². The zero-order valence-corrected chi connectivity index (χ0v) is 16.0. The fourth-order valence-corrected chi connectivity index (χ4v) is 3.67. The van der Waals surface area contributed by atoms with Gasteiger partial charge in [0.25, 0.3) is 0 Å². The molecule has 128 valence electrons. The number of rotatable bonds is 5. The molecule has 1 aliphatic carbocycles. The Morgan fingerprint density at radius 3 is 2.36 bits per heavy atom. The number of thioether (sulfide) groups is 1. The van der Waals surface area contributed by atoms with E-state index in [1.165, 1.54) is 32.7 Å². The van der Waals surface area contributed by atoms with Gasteiger partial charge in [0, 0.05) is 31.1 Å². The molecule has 0 spiro atoms.